The number of rotatable bonds is 12. The molecule has 1 unspecified atom stereocenters. The maximum atomic E-state index is 12.4. The molecule has 1 aromatic carbocycles. The zero-order chi connectivity index (χ0) is 19.5. The number of aryl methyl sites for hydroxylation is 1. The summed E-state index contributed by atoms with van der Waals surface area (Å²) in [6, 6.07) is 8.28. The lowest BCUT2D eigenvalue weighted by molar-refractivity contribution is -0.137. The summed E-state index contributed by atoms with van der Waals surface area (Å²) in [6.45, 7) is 0. The summed E-state index contributed by atoms with van der Waals surface area (Å²) < 4.78 is 0. The number of nitrogens with one attached hydrogen (secondary N) is 1. The molecule has 27 heavy (non-hydrogen) atoms. The van der Waals surface area contributed by atoms with Gasteiger partial charge in [-0.15, -0.1) is 0 Å². The molecule has 0 heterocycles. The number of carboxylic acids is 1. The van der Waals surface area contributed by atoms with Crippen molar-refractivity contribution in [3.63, 3.8) is 0 Å². The Hall–Kier alpha value is -1.68. The van der Waals surface area contributed by atoms with Gasteiger partial charge in [-0.05, 0) is 43.4 Å². The highest BCUT2D eigenvalue weighted by Gasteiger charge is 2.16. The molecule has 4 nitrogen and oxygen atoms in total. The quantitative estimate of drug-likeness (QED) is 0.537. The molecule has 150 valence electrons. The van der Waals surface area contributed by atoms with Gasteiger partial charge >= 0.3 is 5.97 Å². The Labute approximate surface area is 163 Å². The number of hydrogen-bond donors (Lipinski definition) is 2. The predicted molar refractivity (Wildman–Crippen MR) is 109 cm³/mol. The minimum absolute atomic E-state index is 0.0558. The van der Waals surface area contributed by atoms with E-state index in [9.17, 15) is 9.59 Å². The van der Waals surface area contributed by atoms with Crippen LogP contribution >= 0.6 is 0 Å². The van der Waals surface area contributed by atoms with E-state index in [2.05, 4.69) is 29.6 Å². The lowest BCUT2D eigenvalue weighted by Gasteiger charge is -2.21. The SMILES string of the molecule is CNC(CC(=O)CCCC1CCCCC1)c1ccc(CCCC(=O)O)cc1. The van der Waals surface area contributed by atoms with E-state index in [-0.39, 0.29) is 12.5 Å². The first-order chi connectivity index (χ1) is 13.1. The Kier molecular flexibility index (Phi) is 9.54. The molecule has 2 rings (SSSR count). The van der Waals surface area contributed by atoms with Crippen molar-refractivity contribution in [1.29, 1.82) is 0 Å². The van der Waals surface area contributed by atoms with Crippen molar-refractivity contribution in [3.8, 4) is 0 Å². The highest BCUT2D eigenvalue weighted by molar-refractivity contribution is 5.79. The van der Waals surface area contributed by atoms with Crippen LogP contribution in [0.25, 0.3) is 0 Å². The predicted octanol–water partition coefficient (Wildman–Crippen LogP) is 5.06. The van der Waals surface area contributed by atoms with Gasteiger partial charge in [0.1, 0.15) is 5.78 Å². The molecule has 0 aliphatic heterocycles. The normalized spacial score (nSPS) is 16.2. The van der Waals surface area contributed by atoms with E-state index in [0.29, 0.717) is 25.0 Å². The average molecular weight is 374 g/mol. The first kappa shape index (κ1) is 21.6. The molecule has 0 bridgehead atoms. The molecule has 0 spiro atoms. The van der Waals surface area contributed by atoms with Crippen molar-refractivity contribution < 1.29 is 14.7 Å². The molecule has 1 saturated carbocycles. The number of benzene rings is 1. The first-order valence-corrected chi connectivity index (χ1v) is 10.6. The van der Waals surface area contributed by atoms with Crippen LogP contribution < -0.4 is 5.32 Å². The third-order valence-corrected chi connectivity index (χ3v) is 5.81. The number of carbonyl (C=O) groups excluding carboxylic acids is 1. The second-order valence-corrected chi connectivity index (χ2v) is 7.97. The molecular weight excluding hydrogens is 338 g/mol. The van der Waals surface area contributed by atoms with Crippen LogP contribution in [0, 0.1) is 5.92 Å². The van der Waals surface area contributed by atoms with Gasteiger partial charge in [-0.3, -0.25) is 9.59 Å². The summed E-state index contributed by atoms with van der Waals surface area (Å²) in [6.07, 6.45) is 11.9. The van der Waals surface area contributed by atoms with E-state index in [0.717, 1.165) is 29.9 Å². The van der Waals surface area contributed by atoms with Crippen LogP contribution in [0.1, 0.15) is 87.8 Å². The van der Waals surface area contributed by atoms with E-state index in [1.807, 2.05) is 7.05 Å². The summed E-state index contributed by atoms with van der Waals surface area (Å²) in [4.78, 5) is 23.0. The maximum Gasteiger partial charge on any atom is 0.303 e. The molecule has 0 amide bonds. The summed E-state index contributed by atoms with van der Waals surface area (Å²) in [7, 11) is 1.90. The molecule has 2 N–H and O–H groups in total. The smallest absolute Gasteiger partial charge is 0.303 e. The Morgan fingerprint density at radius 3 is 2.41 bits per heavy atom. The monoisotopic (exact) mass is 373 g/mol. The number of carboxylic acid groups (broad SMARTS) is 1. The fourth-order valence-electron chi connectivity index (χ4n) is 4.14. The summed E-state index contributed by atoms with van der Waals surface area (Å²) in [5, 5.41) is 12.0. The van der Waals surface area contributed by atoms with E-state index in [1.54, 1.807) is 0 Å². The zero-order valence-electron chi connectivity index (χ0n) is 16.7. The highest BCUT2D eigenvalue weighted by atomic mass is 16.4. The molecule has 1 aliphatic carbocycles. The molecule has 1 aromatic rings. The molecule has 0 radical (unpaired) electrons. The van der Waals surface area contributed by atoms with Crippen LogP contribution in [0.15, 0.2) is 24.3 Å². The van der Waals surface area contributed by atoms with Gasteiger partial charge < -0.3 is 10.4 Å². The minimum Gasteiger partial charge on any atom is -0.481 e. The van der Waals surface area contributed by atoms with Gasteiger partial charge in [-0.1, -0.05) is 62.8 Å². The zero-order valence-corrected chi connectivity index (χ0v) is 16.7. The Bertz CT molecular complexity index is 576. The average Bonchev–Trinajstić information content (AvgIpc) is 2.67. The van der Waals surface area contributed by atoms with Gasteiger partial charge in [0, 0.05) is 25.3 Å². The number of aliphatic carboxylic acids is 1. The third kappa shape index (κ3) is 8.25. The fourth-order valence-corrected chi connectivity index (χ4v) is 4.14. The summed E-state index contributed by atoms with van der Waals surface area (Å²) >= 11 is 0. The molecule has 1 aliphatic rings. The first-order valence-electron chi connectivity index (χ1n) is 10.6. The van der Waals surface area contributed by atoms with E-state index < -0.39 is 5.97 Å². The van der Waals surface area contributed by atoms with Crippen molar-refractivity contribution in [2.24, 2.45) is 5.92 Å². The lowest BCUT2D eigenvalue weighted by Crippen LogP contribution is -2.20. The van der Waals surface area contributed by atoms with Crippen LogP contribution in [-0.2, 0) is 16.0 Å². The van der Waals surface area contributed by atoms with Crippen LogP contribution in [-0.4, -0.2) is 23.9 Å². The lowest BCUT2D eigenvalue weighted by atomic mass is 9.85. The van der Waals surface area contributed by atoms with Gasteiger partial charge in [0.25, 0.3) is 0 Å². The number of ketones is 1. The molecule has 1 fully saturated rings. The Balaban J connectivity index is 1.74. The largest absolute Gasteiger partial charge is 0.481 e. The standard InChI is InChI=1S/C23H35NO3/c1-24-22(17-21(25)11-5-9-18-7-3-2-4-8-18)20-15-13-19(14-16-20)10-6-12-23(26)27/h13-16,18,22,24H,2-12,17H2,1H3,(H,26,27). The van der Waals surface area contributed by atoms with E-state index in [4.69, 9.17) is 5.11 Å². The molecular formula is C23H35NO3. The molecule has 0 aromatic heterocycles. The van der Waals surface area contributed by atoms with Crippen LogP contribution in [0.5, 0.6) is 0 Å². The van der Waals surface area contributed by atoms with Gasteiger partial charge in [-0.2, -0.15) is 0 Å². The van der Waals surface area contributed by atoms with Crippen LogP contribution in [0.2, 0.25) is 0 Å². The highest BCUT2D eigenvalue weighted by Crippen LogP contribution is 2.28. The van der Waals surface area contributed by atoms with Crippen molar-refractivity contribution in [3.05, 3.63) is 35.4 Å². The Morgan fingerprint density at radius 2 is 1.78 bits per heavy atom. The van der Waals surface area contributed by atoms with Crippen molar-refractivity contribution in [2.45, 2.75) is 83.1 Å². The summed E-state index contributed by atoms with van der Waals surface area (Å²) in [5.74, 6) is 0.444. The molecule has 4 heteroatoms. The topological polar surface area (TPSA) is 66.4 Å². The van der Waals surface area contributed by atoms with Gasteiger partial charge in [0.2, 0.25) is 0 Å². The second-order valence-electron chi connectivity index (χ2n) is 7.97. The third-order valence-electron chi connectivity index (χ3n) is 5.81. The van der Waals surface area contributed by atoms with Crippen molar-refractivity contribution >= 4 is 11.8 Å². The number of carbonyl (C=O) groups is 2. The van der Waals surface area contributed by atoms with Crippen molar-refractivity contribution in [1.82, 2.24) is 5.32 Å². The molecule has 1 atom stereocenters. The summed E-state index contributed by atoms with van der Waals surface area (Å²) in [5.41, 5.74) is 2.27. The fraction of sp³-hybridized carbons (Fsp3) is 0.652. The Morgan fingerprint density at radius 1 is 1.07 bits per heavy atom. The van der Waals surface area contributed by atoms with E-state index in [1.165, 1.54) is 38.5 Å². The van der Waals surface area contributed by atoms with Gasteiger partial charge in [0.15, 0.2) is 0 Å². The van der Waals surface area contributed by atoms with Crippen LogP contribution in [0.4, 0.5) is 0 Å². The van der Waals surface area contributed by atoms with Gasteiger partial charge in [-0.25, -0.2) is 0 Å². The van der Waals surface area contributed by atoms with E-state index >= 15 is 0 Å². The molecule has 0 saturated heterocycles. The van der Waals surface area contributed by atoms with Gasteiger partial charge in [0.05, 0.1) is 0 Å². The van der Waals surface area contributed by atoms with Crippen LogP contribution in [0.3, 0.4) is 0 Å². The maximum absolute atomic E-state index is 12.4. The second kappa shape index (κ2) is 11.9. The van der Waals surface area contributed by atoms with Crippen molar-refractivity contribution in [2.75, 3.05) is 7.05 Å². The minimum atomic E-state index is -0.746. The number of Topliss-reactive ketones (excluding diaryl/α,β-unsaturated/α-hetero) is 1. The number of hydrogen-bond acceptors (Lipinski definition) is 3.